The van der Waals surface area contributed by atoms with Gasteiger partial charge in [-0.2, -0.15) is 0 Å². The second-order valence-corrected chi connectivity index (χ2v) is 4.64. The molecule has 0 radical (unpaired) electrons. The molecule has 0 saturated heterocycles. The van der Waals surface area contributed by atoms with Gasteiger partial charge in [-0.3, -0.25) is 0 Å². The maximum absolute atomic E-state index is 5.19. The molecular formula is C5H10N2S3. The van der Waals surface area contributed by atoms with Crippen molar-refractivity contribution in [3.63, 3.8) is 0 Å². The van der Waals surface area contributed by atoms with Crippen molar-refractivity contribution >= 4 is 45.6 Å². The van der Waals surface area contributed by atoms with Crippen molar-refractivity contribution in [2.45, 2.75) is 19.1 Å². The summed E-state index contributed by atoms with van der Waals surface area (Å²) < 4.78 is 0.641. The van der Waals surface area contributed by atoms with Crippen LogP contribution in [-0.2, 0) is 0 Å². The van der Waals surface area contributed by atoms with Gasteiger partial charge in [0, 0.05) is 5.25 Å². The molecule has 0 aromatic rings. The predicted octanol–water partition coefficient (Wildman–Crippen LogP) is 1.25. The molecule has 0 aliphatic heterocycles. The summed E-state index contributed by atoms with van der Waals surface area (Å²) in [4.78, 5) is 0. The van der Waals surface area contributed by atoms with Crippen LogP contribution in [0.2, 0.25) is 0 Å². The Morgan fingerprint density at radius 2 is 2.00 bits per heavy atom. The zero-order valence-electron chi connectivity index (χ0n) is 5.88. The Balaban J connectivity index is 3.54. The Kier molecular flexibility index (Phi) is 4.93. The van der Waals surface area contributed by atoms with Gasteiger partial charge in [0.1, 0.15) is 4.32 Å². The van der Waals surface area contributed by atoms with E-state index in [1.165, 1.54) is 11.8 Å². The Hall–Kier alpha value is 0.130. The fourth-order valence-electron chi connectivity index (χ4n) is 0.344. The van der Waals surface area contributed by atoms with E-state index in [4.69, 9.17) is 18.0 Å². The average Bonchev–Trinajstić information content (AvgIpc) is 1.58. The number of rotatable bonds is 1. The topological polar surface area (TPSA) is 38.0 Å². The third-order valence-electron chi connectivity index (χ3n) is 0.568. The summed E-state index contributed by atoms with van der Waals surface area (Å²) >= 11 is 11.0. The molecule has 0 spiro atoms. The number of thioether (sulfide) groups is 1. The molecule has 0 amide bonds. The first-order valence-corrected chi connectivity index (χ1v) is 4.49. The molecule has 2 nitrogen and oxygen atoms in total. The minimum Gasteiger partial charge on any atom is -0.376 e. The van der Waals surface area contributed by atoms with Crippen LogP contribution < -0.4 is 11.1 Å². The van der Waals surface area contributed by atoms with Crippen molar-refractivity contribution in [2.75, 3.05) is 0 Å². The lowest BCUT2D eigenvalue weighted by atomic mass is 10.6. The van der Waals surface area contributed by atoms with Crippen LogP contribution in [-0.4, -0.2) is 14.7 Å². The van der Waals surface area contributed by atoms with Gasteiger partial charge in [-0.15, -0.1) is 0 Å². The second-order valence-electron chi connectivity index (χ2n) is 1.94. The Bertz CT molecular complexity index is 144. The van der Waals surface area contributed by atoms with Crippen LogP contribution >= 0.6 is 36.2 Å². The molecule has 0 aliphatic rings. The first kappa shape index (κ1) is 10.1. The molecule has 10 heavy (non-hydrogen) atoms. The largest absolute Gasteiger partial charge is 0.376 e. The molecule has 0 saturated carbocycles. The molecule has 0 aromatic carbocycles. The number of thiocarbonyl (C=S) groups is 2. The van der Waals surface area contributed by atoms with Gasteiger partial charge in [0.2, 0.25) is 0 Å². The lowest BCUT2D eigenvalue weighted by molar-refractivity contribution is 1.12. The van der Waals surface area contributed by atoms with Gasteiger partial charge in [-0.1, -0.05) is 37.8 Å². The molecule has 0 bridgehead atoms. The normalized spacial score (nSPS) is 9.50. The van der Waals surface area contributed by atoms with Crippen LogP contribution in [0.4, 0.5) is 0 Å². The summed E-state index contributed by atoms with van der Waals surface area (Å²) in [5, 5.41) is 3.38. The standard InChI is InChI=1S/C5H10N2S3/c1-3(2)10-5(9)7-4(6)8/h3H,1-2H3,(H3,6,7,8,9). The van der Waals surface area contributed by atoms with Gasteiger partial charge in [0.15, 0.2) is 5.11 Å². The summed E-state index contributed by atoms with van der Waals surface area (Å²) in [6.45, 7) is 4.11. The Morgan fingerprint density at radius 3 is 2.30 bits per heavy atom. The van der Waals surface area contributed by atoms with E-state index in [2.05, 4.69) is 31.4 Å². The van der Waals surface area contributed by atoms with E-state index in [1.807, 2.05) is 0 Å². The van der Waals surface area contributed by atoms with Crippen molar-refractivity contribution in [1.29, 1.82) is 0 Å². The highest BCUT2D eigenvalue weighted by Crippen LogP contribution is 2.09. The summed E-state index contributed by atoms with van der Waals surface area (Å²) in [6.07, 6.45) is 0. The third kappa shape index (κ3) is 6.25. The van der Waals surface area contributed by atoms with Crippen LogP contribution in [0.1, 0.15) is 13.8 Å². The van der Waals surface area contributed by atoms with E-state index in [0.717, 1.165) is 0 Å². The van der Waals surface area contributed by atoms with Gasteiger partial charge < -0.3 is 11.1 Å². The molecule has 0 rings (SSSR count). The predicted molar refractivity (Wildman–Crippen MR) is 55.2 cm³/mol. The van der Waals surface area contributed by atoms with E-state index in [9.17, 15) is 0 Å². The summed E-state index contributed by atoms with van der Waals surface area (Å²) in [5.41, 5.74) is 5.19. The number of hydrogen-bond donors (Lipinski definition) is 2. The highest BCUT2D eigenvalue weighted by molar-refractivity contribution is 8.23. The number of nitrogens with two attached hydrogens (primary N) is 1. The lowest BCUT2D eigenvalue weighted by Crippen LogP contribution is -2.32. The molecule has 3 N–H and O–H groups in total. The fraction of sp³-hybridized carbons (Fsp3) is 0.600. The zero-order chi connectivity index (χ0) is 8.15. The van der Waals surface area contributed by atoms with Crippen LogP contribution in [0.5, 0.6) is 0 Å². The van der Waals surface area contributed by atoms with Crippen molar-refractivity contribution in [3.8, 4) is 0 Å². The highest BCUT2D eigenvalue weighted by Gasteiger charge is 2.00. The van der Waals surface area contributed by atoms with E-state index >= 15 is 0 Å². The monoisotopic (exact) mass is 194 g/mol. The van der Waals surface area contributed by atoms with Gasteiger partial charge in [0.25, 0.3) is 0 Å². The molecule has 0 unspecified atom stereocenters. The van der Waals surface area contributed by atoms with Gasteiger partial charge in [0.05, 0.1) is 0 Å². The zero-order valence-corrected chi connectivity index (χ0v) is 8.33. The number of hydrogen-bond acceptors (Lipinski definition) is 3. The van der Waals surface area contributed by atoms with Crippen LogP contribution in [0.15, 0.2) is 0 Å². The minimum absolute atomic E-state index is 0.234. The van der Waals surface area contributed by atoms with Gasteiger partial charge >= 0.3 is 0 Å². The van der Waals surface area contributed by atoms with Crippen molar-refractivity contribution in [2.24, 2.45) is 5.73 Å². The van der Waals surface area contributed by atoms with Crippen molar-refractivity contribution in [1.82, 2.24) is 5.32 Å². The summed E-state index contributed by atoms with van der Waals surface area (Å²) in [5.74, 6) is 0. The van der Waals surface area contributed by atoms with E-state index in [1.54, 1.807) is 0 Å². The molecule has 58 valence electrons. The van der Waals surface area contributed by atoms with Crippen LogP contribution in [0.3, 0.4) is 0 Å². The fourth-order valence-corrected chi connectivity index (χ4v) is 1.86. The molecule has 0 atom stereocenters. The van der Waals surface area contributed by atoms with Crippen molar-refractivity contribution < 1.29 is 0 Å². The maximum atomic E-state index is 5.19. The van der Waals surface area contributed by atoms with E-state index in [-0.39, 0.29) is 5.11 Å². The Labute approximate surface area is 75.9 Å². The first-order valence-electron chi connectivity index (χ1n) is 2.79. The van der Waals surface area contributed by atoms with Gasteiger partial charge in [-0.05, 0) is 12.2 Å². The smallest absolute Gasteiger partial charge is 0.169 e. The van der Waals surface area contributed by atoms with E-state index in [0.29, 0.717) is 9.57 Å². The van der Waals surface area contributed by atoms with Crippen molar-refractivity contribution in [3.05, 3.63) is 0 Å². The first-order chi connectivity index (χ1) is 4.52. The van der Waals surface area contributed by atoms with Gasteiger partial charge in [-0.25, -0.2) is 0 Å². The highest BCUT2D eigenvalue weighted by atomic mass is 32.2. The van der Waals surface area contributed by atoms with Crippen LogP contribution in [0, 0.1) is 0 Å². The summed E-state index contributed by atoms with van der Waals surface area (Å²) in [7, 11) is 0. The molecular weight excluding hydrogens is 184 g/mol. The quantitative estimate of drug-likeness (QED) is 0.615. The number of nitrogens with one attached hydrogen (secondary N) is 1. The van der Waals surface area contributed by atoms with E-state index < -0.39 is 0 Å². The molecule has 0 fully saturated rings. The second kappa shape index (κ2) is 4.87. The lowest BCUT2D eigenvalue weighted by Gasteiger charge is -2.06. The maximum Gasteiger partial charge on any atom is 0.169 e. The molecule has 0 aromatic heterocycles. The SMILES string of the molecule is CC(C)SC(=S)NC(N)=S. The molecule has 5 heteroatoms. The molecule has 0 aliphatic carbocycles. The molecule has 0 heterocycles. The third-order valence-corrected chi connectivity index (χ3v) is 1.85. The average molecular weight is 194 g/mol. The summed E-state index contributed by atoms with van der Waals surface area (Å²) in [6, 6.07) is 0. The van der Waals surface area contributed by atoms with Crippen LogP contribution in [0.25, 0.3) is 0 Å². The Morgan fingerprint density at radius 1 is 1.50 bits per heavy atom. The minimum atomic E-state index is 0.234.